The molecule has 2 aromatic heterocycles. The van der Waals surface area contributed by atoms with Crippen molar-refractivity contribution in [1.82, 2.24) is 9.78 Å². The minimum Gasteiger partial charge on any atom is -0.489 e. The van der Waals surface area contributed by atoms with E-state index in [1.165, 1.54) is 11.3 Å². The maximum absolute atomic E-state index is 12.5. The Balaban J connectivity index is 1.32. The summed E-state index contributed by atoms with van der Waals surface area (Å²) in [4.78, 5) is 13.2. The van der Waals surface area contributed by atoms with Gasteiger partial charge in [0.15, 0.2) is 0 Å². The Morgan fingerprint density at radius 2 is 1.90 bits per heavy atom. The van der Waals surface area contributed by atoms with E-state index in [1.807, 2.05) is 58.7 Å². The first-order valence-electron chi connectivity index (χ1n) is 9.09. The second-order valence-electron chi connectivity index (χ2n) is 6.57. The number of thiophene rings is 1. The molecule has 0 atom stereocenters. The van der Waals surface area contributed by atoms with Gasteiger partial charge in [-0.15, -0.1) is 11.3 Å². The van der Waals surface area contributed by atoms with E-state index in [9.17, 15) is 4.79 Å². The molecule has 30 heavy (non-hydrogen) atoms. The average molecular weight is 503 g/mol. The molecule has 0 aliphatic rings. The Bertz CT molecular complexity index is 1140. The van der Waals surface area contributed by atoms with Crippen LogP contribution >= 0.6 is 38.9 Å². The van der Waals surface area contributed by atoms with Crippen LogP contribution in [0, 0.1) is 0 Å². The number of amides is 1. The number of ether oxygens (including phenoxy) is 1. The number of hydrogen-bond acceptors (Lipinski definition) is 4. The van der Waals surface area contributed by atoms with E-state index in [-0.39, 0.29) is 5.91 Å². The van der Waals surface area contributed by atoms with Crippen molar-refractivity contribution < 1.29 is 9.53 Å². The fraction of sp³-hybridized carbons (Fsp3) is 0.0909. The lowest BCUT2D eigenvalue weighted by molar-refractivity contribution is 0.103. The molecule has 8 heteroatoms. The minimum atomic E-state index is -0.138. The molecule has 0 unspecified atom stereocenters. The van der Waals surface area contributed by atoms with E-state index in [1.54, 1.807) is 18.3 Å². The summed E-state index contributed by atoms with van der Waals surface area (Å²) in [5.41, 5.74) is 2.79. The molecule has 1 N–H and O–H groups in total. The number of benzene rings is 2. The predicted octanol–water partition coefficient (Wildman–Crippen LogP) is 6.24. The van der Waals surface area contributed by atoms with Gasteiger partial charge in [-0.3, -0.25) is 9.48 Å². The number of nitrogens with one attached hydrogen (secondary N) is 1. The van der Waals surface area contributed by atoms with Crippen molar-refractivity contribution in [3.8, 4) is 5.75 Å². The molecular weight excluding hydrogens is 486 g/mol. The summed E-state index contributed by atoms with van der Waals surface area (Å²) < 4.78 is 8.52. The number of rotatable bonds is 7. The molecule has 0 radical (unpaired) electrons. The monoisotopic (exact) mass is 501 g/mol. The summed E-state index contributed by atoms with van der Waals surface area (Å²) in [6, 6.07) is 16.8. The van der Waals surface area contributed by atoms with Gasteiger partial charge in [0, 0.05) is 22.5 Å². The third-order valence-electron chi connectivity index (χ3n) is 4.25. The molecule has 1 amide bonds. The summed E-state index contributed by atoms with van der Waals surface area (Å²) >= 11 is 10.7. The van der Waals surface area contributed by atoms with Gasteiger partial charge in [0.25, 0.3) is 5.91 Å². The number of hydrogen-bond donors (Lipinski definition) is 1. The van der Waals surface area contributed by atoms with Crippen LogP contribution in [-0.2, 0) is 13.2 Å². The highest BCUT2D eigenvalue weighted by Crippen LogP contribution is 2.21. The normalized spacial score (nSPS) is 10.7. The number of halogens is 2. The summed E-state index contributed by atoms with van der Waals surface area (Å²) in [5.74, 6) is 0.598. The SMILES string of the molecule is O=C(Nc1ccc(Cn2cc(Br)cn2)cc1)c1cc(COc2ccc(Cl)cc2)cs1. The zero-order valence-electron chi connectivity index (χ0n) is 15.7. The molecule has 0 aliphatic carbocycles. The molecule has 0 bridgehead atoms. The molecular formula is C22H17BrClN3O2S. The summed E-state index contributed by atoms with van der Waals surface area (Å²) in [7, 11) is 0. The van der Waals surface area contributed by atoms with E-state index >= 15 is 0 Å². The Kier molecular flexibility index (Phi) is 6.52. The quantitative estimate of drug-likeness (QED) is 0.325. The Morgan fingerprint density at radius 3 is 2.60 bits per heavy atom. The summed E-state index contributed by atoms with van der Waals surface area (Å²) in [5, 5.41) is 9.77. The minimum absolute atomic E-state index is 0.138. The second kappa shape index (κ2) is 9.47. The van der Waals surface area contributed by atoms with E-state index in [0.717, 1.165) is 27.0 Å². The third-order valence-corrected chi connectivity index (χ3v) is 5.89. The average Bonchev–Trinajstić information content (AvgIpc) is 3.38. The first-order chi connectivity index (χ1) is 14.5. The number of aromatic nitrogens is 2. The highest BCUT2D eigenvalue weighted by molar-refractivity contribution is 9.10. The third kappa shape index (κ3) is 5.50. The molecule has 2 heterocycles. The Morgan fingerprint density at radius 1 is 1.13 bits per heavy atom. The molecule has 5 nitrogen and oxygen atoms in total. The Labute approximate surface area is 191 Å². The number of carbonyl (C=O) groups excluding carboxylic acids is 1. The summed E-state index contributed by atoms with van der Waals surface area (Å²) in [6.07, 6.45) is 3.67. The lowest BCUT2D eigenvalue weighted by atomic mass is 10.2. The van der Waals surface area contributed by atoms with Crippen molar-refractivity contribution in [1.29, 1.82) is 0 Å². The van der Waals surface area contributed by atoms with E-state index < -0.39 is 0 Å². The van der Waals surface area contributed by atoms with Gasteiger partial charge in [0.1, 0.15) is 12.4 Å². The zero-order chi connectivity index (χ0) is 20.9. The molecule has 0 saturated carbocycles. The molecule has 0 aliphatic heterocycles. The number of anilines is 1. The van der Waals surface area contributed by atoms with Crippen LogP contribution in [0.1, 0.15) is 20.8 Å². The van der Waals surface area contributed by atoms with Crippen molar-refractivity contribution in [3.05, 3.63) is 97.9 Å². The predicted molar refractivity (Wildman–Crippen MR) is 124 cm³/mol. The highest BCUT2D eigenvalue weighted by Gasteiger charge is 2.10. The molecule has 0 fully saturated rings. The Hall–Kier alpha value is -2.61. The van der Waals surface area contributed by atoms with E-state index in [2.05, 4.69) is 26.3 Å². The van der Waals surface area contributed by atoms with Gasteiger partial charge in [-0.2, -0.15) is 5.10 Å². The standard InChI is InChI=1S/C22H17BrClN3O2S/c23-17-10-25-27(12-17)11-15-1-5-19(6-2-15)26-22(28)21-9-16(14-30-21)13-29-20-7-3-18(24)4-8-20/h1-10,12,14H,11,13H2,(H,26,28). The molecule has 0 saturated heterocycles. The lowest BCUT2D eigenvalue weighted by Gasteiger charge is -2.06. The molecule has 0 spiro atoms. The van der Waals surface area contributed by atoms with Crippen LogP contribution in [0.5, 0.6) is 5.75 Å². The largest absolute Gasteiger partial charge is 0.489 e. The van der Waals surface area contributed by atoms with Crippen LogP contribution in [0.3, 0.4) is 0 Å². The number of nitrogens with zero attached hydrogens (tertiary/aromatic N) is 2. The van der Waals surface area contributed by atoms with Crippen LogP contribution in [0.25, 0.3) is 0 Å². The maximum Gasteiger partial charge on any atom is 0.265 e. The molecule has 2 aromatic carbocycles. The van der Waals surface area contributed by atoms with Gasteiger partial charge in [0.05, 0.1) is 22.1 Å². The fourth-order valence-electron chi connectivity index (χ4n) is 2.77. The first kappa shape index (κ1) is 20.7. The maximum atomic E-state index is 12.5. The summed E-state index contributed by atoms with van der Waals surface area (Å²) in [6.45, 7) is 1.06. The molecule has 4 aromatic rings. The fourth-order valence-corrected chi connectivity index (χ4v) is 4.01. The number of carbonyl (C=O) groups is 1. The molecule has 4 rings (SSSR count). The van der Waals surface area contributed by atoms with Crippen LogP contribution in [-0.4, -0.2) is 15.7 Å². The highest BCUT2D eigenvalue weighted by atomic mass is 79.9. The zero-order valence-corrected chi connectivity index (χ0v) is 18.9. The van der Waals surface area contributed by atoms with Gasteiger partial charge in [-0.1, -0.05) is 23.7 Å². The van der Waals surface area contributed by atoms with Crippen molar-refractivity contribution in [2.45, 2.75) is 13.2 Å². The van der Waals surface area contributed by atoms with Gasteiger partial charge < -0.3 is 10.1 Å². The van der Waals surface area contributed by atoms with Gasteiger partial charge in [-0.25, -0.2) is 0 Å². The van der Waals surface area contributed by atoms with Gasteiger partial charge in [-0.05, 0) is 69.3 Å². The van der Waals surface area contributed by atoms with Crippen LogP contribution in [0.4, 0.5) is 5.69 Å². The van der Waals surface area contributed by atoms with Crippen molar-refractivity contribution in [2.75, 3.05) is 5.32 Å². The van der Waals surface area contributed by atoms with Crippen LogP contribution in [0.2, 0.25) is 5.02 Å². The van der Waals surface area contributed by atoms with Crippen molar-refractivity contribution in [2.24, 2.45) is 0 Å². The van der Waals surface area contributed by atoms with E-state index in [4.69, 9.17) is 16.3 Å². The topological polar surface area (TPSA) is 56.2 Å². The van der Waals surface area contributed by atoms with Crippen molar-refractivity contribution >= 4 is 50.5 Å². The smallest absolute Gasteiger partial charge is 0.265 e. The van der Waals surface area contributed by atoms with Gasteiger partial charge >= 0.3 is 0 Å². The van der Waals surface area contributed by atoms with Crippen molar-refractivity contribution in [3.63, 3.8) is 0 Å². The van der Waals surface area contributed by atoms with E-state index in [0.29, 0.717) is 23.1 Å². The molecule has 152 valence electrons. The van der Waals surface area contributed by atoms with Gasteiger partial charge in [0.2, 0.25) is 0 Å². The second-order valence-corrected chi connectivity index (χ2v) is 8.83. The van der Waals surface area contributed by atoms with Crippen LogP contribution < -0.4 is 10.1 Å². The lowest BCUT2D eigenvalue weighted by Crippen LogP contribution is -2.10. The van der Waals surface area contributed by atoms with Crippen LogP contribution in [0.15, 0.2) is 76.8 Å². The first-order valence-corrected chi connectivity index (χ1v) is 11.1.